The Morgan fingerprint density at radius 2 is 2.24 bits per heavy atom. The summed E-state index contributed by atoms with van der Waals surface area (Å²) in [6.45, 7) is 6.65. The molecule has 98 valence electrons. The quantitative estimate of drug-likeness (QED) is 0.678. The lowest BCUT2D eigenvalue weighted by Gasteiger charge is -2.29. The first kappa shape index (κ1) is 13.9. The molecular weight excluding hydrogens is 220 g/mol. The van der Waals surface area contributed by atoms with Crippen LogP contribution in [0.5, 0.6) is 0 Å². The summed E-state index contributed by atoms with van der Waals surface area (Å²) in [6, 6.07) is -0.290. The smallest absolute Gasteiger partial charge is 0.324 e. The molecule has 1 saturated heterocycles. The van der Waals surface area contributed by atoms with Crippen molar-refractivity contribution in [3.05, 3.63) is 0 Å². The topological polar surface area (TPSA) is 78.7 Å². The molecule has 0 spiro atoms. The van der Waals surface area contributed by atoms with Crippen molar-refractivity contribution in [3.63, 3.8) is 0 Å². The molecule has 0 bridgehead atoms. The maximum atomic E-state index is 11.8. The SMILES string of the molecule is CN(CC(=O)N1CCNC1=O)CC(C)(C)CN. The number of carbonyl (C=O) groups excluding carboxylic acids is 2. The van der Waals surface area contributed by atoms with Crippen LogP contribution in [0.4, 0.5) is 4.79 Å². The molecule has 6 heteroatoms. The third-order valence-electron chi connectivity index (χ3n) is 2.81. The number of hydrogen-bond donors (Lipinski definition) is 2. The summed E-state index contributed by atoms with van der Waals surface area (Å²) in [5.41, 5.74) is 5.62. The molecule has 1 aliphatic rings. The Bertz CT molecular complexity index is 304. The molecule has 0 aromatic heterocycles. The molecule has 1 rings (SSSR count). The Hall–Kier alpha value is -1.14. The van der Waals surface area contributed by atoms with Crippen molar-refractivity contribution in [2.24, 2.45) is 11.1 Å². The van der Waals surface area contributed by atoms with E-state index in [2.05, 4.69) is 19.2 Å². The van der Waals surface area contributed by atoms with E-state index in [9.17, 15) is 9.59 Å². The first-order valence-corrected chi connectivity index (χ1v) is 5.82. The second-order valence-electron chi connectivity index (χ2n) is 5.32. The number of imide groups is 1. The van der Waals surface area contributed by atoms with Crippen LogP contribution in [0.3, 0.4) is 0 Å². The number of nitrogens with zero attached hydrogens (tertiary/aromatic N) is 2. The van der Waals surface area contributed by atoms with Gasteiger partial charge in [0, 0.05) is 19.6 Å². The lowest BCUT2D eigenvalue weighted by Crippen LogP contribution is -2.44. The second kappa shape index (κ2) is 5.46. The molecule has 0 aromatic carbocycles. The molecule has 0 unspecified atom stereocenters. The number of urea groups is 1. The number of nitrogens with one attached hydrogen (secondary N) is 1. The standard InChI is InChI=1S/C11H22N4O2/c1-11(2,7-12)8-14(3)6-9(16)15-5-4-13-10(15)17/h4-8,12H2,1-3H3,(H,13,17). The maximum Gasteiger partial charge on any atom is 0.324 e. The van der Waals surface area contributed by atoms with Gasteiger partial charge in [-0.3, -0.25) is 14.6 Å². The van der Waals surface area contributed by atoms with Crippen molar-refractivity contribution in [3.8, 4) is 0 Å². The van der Waals surface area contributed by atoms with Gasteiger partial charge in [-0.25, -0.2) is 4.79 Å². The van der Waals surface area contributed by atoms with Crippen LogP contribution in [0.25, 0.3) is 0 Å². The van der Waals surface area contributed by atoms with Crippen LogP contribution in [0.1, 0.15) is 13.8 Å². The van der Waals surface area contributed by atoms with Gasteiger partial charge in [0.2, 0.25) is 5.91 Å². The molecular formula is C11H22N4O2. The van der Waals surface area contributed by atoms with Gasteiger partial charge in [0.05, 0.1) is 6.54 Å². The van der Waals surface area contributed by atoms with E-state index in [1.807, 2.05) is 11.9 Å². The van der Waals surface area contributed by atoms with Gasteiger partial charge >= 0.3 is 6.03 Å². The Morgan fingerprint density at radius 3 is 2.71 bits per heavy atom. The van der Waals surface area contributed by atoms with Crippen LogP contribution in [-0.2, 0) is 4.79 Å². The van der Waals surface area contributed by atoms with E-state index in [-0.39, 0.29) is 23.9 Å². The van der Waals surface area contributed by atoms with Crippen LogP contribution in [-0.4, -0.2) is 61.5 Å². The molecule has 0 radical (unpaired) electrons. The molecule has 6 nitrogen and oxygen atoms in total. The van der Waals surface area contributed by atoms with Crippen molar-refractivity contribution in [1.82, 2.24) is 15.1 Å². The zero-order valence-electron chi connectivity index (χ0n) is 10.8. The molecule has 1 heterocycles. The van der Waals surface area contributed by atoms with Crippen LogP contribution >= 0.6 is 0 Å². The minimum Gasteiger partial charge on any atom is -0.336 e. The number of hydrogen-bond acceptors (Lipinski definition) is 4. The lowest BCUT2D eigenvalue weighted by atomic mass is 9.93. The summed E-state index contributed by atoms with van der Waals surface area (Å²) in [5.74, 6) is -0.157. The Balaban J connectivity index is 2.43. The van der Waals surface area contributed by atoms with Gasteiger partial charge < -0.3 is 11.1 Å². The third-order valence-corrected chi connectivity index (χ3v) is 2.81. The number of likely N-dealkylation sites (N-methyl/N-ethyl adjacent to an activating group) is 1. The number of amides is 3. The van der Waals surface area contributed by atoms with E-state index in [0.717, 1.165) is 6.54 Å². The predicted molar refractivity (Wildman–Crippen MR) is 65.4 cm³/mol. The van der Waals surface area contributed by atoms with Crippen LogP contribution in [0.15, 0.2) is 0 Å². The summed E-state index contributed by atoms with van der Waals surface area (Å²) >= 11 is 0. The highest BCUT2D eigenvalue weighted by molar-refractivity contribution is 5.96. The van der Waals surface area contributed by atoms with Gasteiger partial charge in [0.1, 0.15) is 0 Å². The molecule has 3 amide bonds. The van der Waals surface area contributed by atoms with Gasteiger partial charge in [-0.2, -0.15) is 0 Å². The van der Waals surface area contributed by atoms with Crippen molar-refractivity contribution < 1.29 is 9.59 Å². The Kier molecular flexibility index (Phi) is 4.47. The molecule has 17 heavy (non-hydrogen) atoms. The maximum absolute atomic E-state index is 11.8. The summed E-state index contributed by atoms with van der Waals surface area (Å²) in [4.78, 5) is 26.3. The monoisotopic (exact) mass is 242 g/mol. The molecule has 3 N–H and O–H groups in total. The van der Waals surface area contributed by atoms with E-state index in [1.165, 1.54) is 4.90 Å². The highest BCUT2D eigenvalue weighted by Gasteiger charge is 2.27. The first-order valence-electron chi connectivity index (χ1n) is 5.82. The average Bonchev–Trinajstić information content (AvgIpc) is 2.63. The van der Waals surface area contributed by atoms with Gasteiger partial charge in [-0.15, -0.1) is 0 Å². The molecule has 0 saturated carbocycles. The fraction of sp³-hybridized carbons (Fsp3) is 0.818. The number of nitrogens with two attached hydrogens (primary N) is 1. The minimum absolute atomic E-state index is 0.0255. The van der Waals surface area contributed by atoms with E-state index in [0.29, 0.717) is 19.6 Å². The molecule has 1 fully saturated rings. The lowest BCUT2D eigenvalue weighted by molar-refractivity contribution is -0.128. The zero-order chi connectivity index (χ0) is 13.1. The van der Waals surface area contributed by atoms with Gasteiger partial charge in [0.15, 0.2) is 0 Å². The van der Waals surface area contributed by atoms with E-state index < -0.39 is 0 Å². The molecule has 0 aliphatic carbocycles. The van der Waals surface area contributed by atoms with E-state index >= 15 is 0 Å². The van der Waals surface area contributed by atoms with E-state index in [1.54, 1.807) is 0 Å². The molecule has 0 aromatic rings. The third kappa shape index (κ3) is 3.98. The average molecular weight is 242 g/mol. The number of rotatable bonds is 5. The Labute approximate surface area is 102 Å². The van der Waals surface area contributed by atoms with Crippen molar-refractivity contribution in [1.29, 1.82) is 0 Å². The summed E-state index contributed by atoms with van der Waals surface area (Å²) in [6.07, 6.45) is 0. The fourth-order valence-corrected chi connectivity index (χ4v) is 1.88. The normalized spacial score (nSPS) is 16.5. The van der Waals surface area contributed by atoms with Gasteiger partial charge in [0.25, 0.3) is 0 Å². The second-order valence-corrected chi connectivity index (χ2v) is 5.32. The minimum atomic E-state index is -0.290. The largest absolute Gasteiger partial charge is 0.336 e. The molecule has 0 atom stereocenters. The highest BCUT2D eigenvalue weighted by atomic mass is 16.2. The summed E-state index contributed by atoms with van der Waals surface area (Å²) < 4.78 is 0. The first-order chi connectivity index (χ1) is 7.85. The summed E-state index contributed by atoms with van der Waals surface area (Å²) in [7, 11) is 1.86. The number of carbonyl (C=O) groups is 2. The van der Waals surface area contributed by atoms with Gasteiger partial charge in [-0.05, 0) is 19.0 Å². The summed E-state index contributed by atoms with van der Waals surface area (Å²) in [5, 5.41) is 2.61. The van der Waals surface area contributed by atoms with Gasteiger partial charge in [-0.1, -0.05) is 13.8 Å². The zero-order valence-corrected chi connectivity index (χ0v) is 10.8. The highest BCUT2D eigenvalue weighted by Crippen LogP contribution is 2.13. The van der Waals surface area contributed by atoms with Crippen molar-refractivity contribution in [2.45, 2.75) is 13.8 Å². The fourth-order valence-electron chi connectivity index (χ4n) is 1.88. The molecule has 1 aliphatic heterocycles. The Morgan fingerprint density at radius 1 is 1.59 bits per heavy atom. The van der Waals surface area contributed by atoms with Crippen molar-refractivity contribution in [2.75, 3.05) is 39.8 Å². The predicted octanol–water partition coefficient (Wildman–Crippen LogP) is -0.545. The van der Waals surface area contributed by atoms with Crippen LogP contribution < -0.4 is 11.1 Å². The van der Waals surface area contributed by atoms with Crippen molar-refractivity contribution >= 4 is 11.9 Å². The van der Waals surface area contributed by atoms with E-state index in [4.69, 9.17) is 5.73 Å². The van der Waals surface area contributed by atoms with Crippen LogP contribution in [0, 0.1) is 5.41 Å². The van der Waals surface area contributed by atoms with Crippen LogP contribution in [0.2, 0.25) is 0 Å².